The summed E-state index contributed by atoms with van der Waals surface area (Å²) in [4.78, 5) is 54.8. The zero-order valence-corrected chi connectivity index (χ0v) is 22.7. The van der Waals surface area contributed by atoms with Crippen LogP contribution in [-0.2, 0) is 46.9 Å². The molecular weight excluding hydrogens is 523 g/mol. The zero-order chi connectivity index (χ0) is 27.4. The minimum Gasteiger partial charge on any atom is -0.462 e. The molecule has 0 aliphatic heterocycles. The maximum Gasteiger partial charge on any atom is 0.472 e. The molecule has 36 heavy (non-hydrogen) atoms. The average molecular weight is 561 g/mol. The van der Waals surface area contributed by atoms with Gasteiger partial charge in [0.2, 0.25) is 5.91 Å². The molecular formula is C20H37N2O12PS. The van der Waals surface area contributed by atoms with Gasteiger partial charge < -0.3 is 34.5 Å². The van der Waals surface area contributed by atoms with Gasteiger partial charge in [-0.15, -0.1) is 0 Å². The van der Waals surface area contributed by atoms with Crippen LogP contribution in [0.15, 0.2) is 0 Å². The first-order valence-electron chi connectivity index (χ1n) is 11.2. The van der Waals surface area contributed by atoms with Crippen molar-refractivity contribution in [1.29, 1.82) is 0 Å². The number of hydrogen-bond donors (Lipinski definition) is 3. The summed E-state index contributed by atoms with van der Waals surface area (Å²) in [5.74, 6) is -0.615. The lowest BCUT2D eigenvalue weighted by Crippen LogP contribution is -2.30. The topological polar surface area (TPSA) is 185 Å². The summed E-state index contributed by atoms with van der Waals surface area (Å²) in [6.45, 7) is 5.65. The van der Waals surface area contributed by atoms with Crippen LogP contribution in [0, 0.1) is 0 Å². The number of esters is 2. The van der Waals surface area contributed by atoms with Crippen LogP contribution in [0.25, 0.3) is 0 Å². The summed E-state index contributed by atoms with van der Waals surface area (Å²) >= 11 is 1.71. The normalized spacial score (nSPS) is 13.4. The Labute approximate surface area is 215 Å². The molecule has 0 saturated heterocycles. The van der Waals surface area contributed by atoms with Crippen LogP contribution in [-0.4, -0.2) is 98.7 Å². The Kier molecular flexibility index (Phi) is 19.1. The van der Waals surface area contributed by atoms with Gasteiger partial charge in [0.15, 0.2) is 6.10 Å². The Bertz CT molecular complexity index is 725. The van der Waals surface area contributed by atoms with Crippen molar-refractivity contribution in [3.05, 3.63) is 0 Å². The fourth-order valence-electron chi connectivity index (χ4n) is 2.17. The van der Waals surface area contributed by atoms with Crippen molar-refractivity contribution < 1.29 is 56.6 Å². The van der Waals surface area contributed by atoms with E-state index in [1.54, 1.807) is 11.8 Å². The molecule has 0 bridgehead atoms. The van der Waals surface area contributed by atoms with E-state index in [-0.39, 0.29) is 45.5 Å². The molecule has 0 aliphatic rings. The van der Waals surface area contributed by atoms with E-state index in [4.69, 9.17) is 23.3 Å². The fourth-order valence-corrected chi connectivity index (χ4v) is 3.70. The SMILES string of the molecule is CC(=O)OC[C@H](COP(=O)(O)OCCNC(=O)OCCOCCNC(=O)CCSC(C)C)OC(C)=O. The molecule has 1 unspecified atom stereocenters. The summed E-state index contributed by atoms with van der Waals surface area (Å²) in [6, 6.07) is 0. The van der Waals surface area contributed by atoms with Crippen LogP contribution in [0.3, 0.4) is 0 Å². The van der Waals surface area contributed by atoms with Gasteiger partial charge in [-0.1, -0.05) is 13.8 Å². The van der Waals surface area contributed by atoms with Crippen molar-refractivity contribution in [2.24, 2.45) is 0 Å². The Morgan fingerprint density at radius 3 is 2.22 bits per heavy atom. The first-order valence-corrected chi connectivity index (χ1v) is 13.7. The third-order valence-corrected chi connectivity index (χ3v) is 5.75. The van der Waals surface area contributed by atoms with E-state index < -0.39 is 38.6 Å². The highest BCUT2D eigenvalue weighted by molar-refractivity contribution is 7.99. The molecule has 0 aromatic carbocycles. The molecule has 0 aliphatic carbocycles. The Morgan fingerprint density at radius 1 is 0.889 bits per heavy atom. The first kappa shape index (κ1) is 34.1. The van der Waals surface area contributed by atoms with Crippen LogP contribution in [0.2, 0.25) is 0 Å². The lowest BCUT2D eigenvalue weighted by molar-refractivity contribution is -0.158. The van der Waals surface area contributed by atoms with E-state index in [0.717, 1.165) is 19.6 Å². The summed E-state index contributed by atoms with van der Waals surface area (Å²) in [5, 5.41) is 5.52. The van der Waals surface area contributed by atoms with Gasteiger partial charge in [0.05, 0.1) is 26.4 Å². The van der Waals surface area contributed by atoms with Gasteiger partial charge in [-0.05, 0) is 5.25 Å². The van der Waals surface area contributed by atoms with Crippen LogP contribution < -0.4 is 10.6 Å². The van der Waals surface area contributed by atoms with Crippen molar-refractivity contribution in [1.82, 2.24) is 10.6 Å². The summed E-state index contributed by atoms with van der Waals surface area (Å²) in [5.41, 5.74) is 0. The standard InChI is InChI=1S/C20H37N2O12PS/c1-15(2)36-12-5-19(25)21-6-8-29-10-11-30-20(26)22-7-9-32-35(27,28)33-14-18(34-17(4)24)13-31-16(3)23/h15,18H,5-14H2,1-4H3,(H,21,25)(H,22,26)(H,27,28)/t18-/m1/s1. The van der Waals surface area contributed by atoms with E-state index in [1.165, 1.54) is 0 Å². The molecule has 16 heteroatoms. The maximum absolute atomic E-state index is 11.9. The minimum atomic E-state index is -4.53. The van der Waals surface area contributed by atoms with Crippen molar-refractivity contribution in [2.75, 3.05) is 58.5 Å². The summed E-state index contributed by atoms with van der Waals surface area (Å²) in [7, 11) is -4.53. The number of nitrogens with one attached hydrogen (secondary N) is 2. The number of rotatable bonds is 20. The summed E-state index contributed by atoms with van der Waals surface area (Å²) < 4.78 is 40.9. The lowest BCUT2D eigenvalue weighted by atomic mass is 10.4. The van der Waals surface area contributed by atoms with E-state index in [0.29, 0.717) is 18.2 Å². The van der Waals surface area contributed by atoms with Crippen molar-refractivity contribution >= 4 is 43.5 Å². The number of ether oxygens (including phenoxy) is 4. The van der Waals surface area contributed by atoms with Gasteiger partial charge in [-0.3, -0.25) is 23.4 Å². The molecule has 0 spiro atoms. The maximum atomic E-state index is 11.9. The van der Waals surface area contributed by atoms with Gasteiger partial charge in [0.25, 0.3) is 0 Å². The summed E-state index contributed by atoms with van der Waals surface area (Å²) in [6.07, 6.45) is -1.45. The first-order chi connectivity index (χ1) is 16.9. The van der Waals surface area contributed by atoms with Gasteiger partial charge in [-0.25, -0.2) is 9.36 Å². The second-order valence-corrected chi connectivity index (χ2v) is 10.5. The van der Waals surface area contributed by atoms with E-state index >= 15 is 0 Å². The molecule has 0 fully saturated rings. The van der Waals surface area contributed by atoms with Gasteiger partial charge >= 0.3 is 25.9 Å². The predicted octanol–water partition coefficient (Wildman–Crippen LogP) is 1.01. The third-order valence-electron chi connectivity index (χ3n) is 3.66. The number of phosphoric ester groups is 1. The highest BCUT2D eigenvalue weighted by atomic mass is 32.2. The Hall–Kier alpha value is -1.90. The molecule has 14 nitrogen and oxygen atoms in total. The predicted molar refractivity (Wildman–Crippen MR) is 129 cm³/mol. The smallest absolute Gasteiger partial charge is 0.462 e. The quantitative estimate of drug-likeness (QED) is 0.0830. The zero-order valence-electron chi connectivity index (χ0n) is 21.0. The van der Waals surface area contributed by atoms with Gasteiger partial charge in [0, 0.05) is 39.1 Å². The largest absolute Gasteiger partial charge is 0.472 e. The van der Waals surface area contributed by atoms with E-state index in [9.17, 15) is 28.6 Å². The second kappa shape index (κ2) is 20.2. The van der Waals surface area contributed by atoms with Gasteiger partial charge in [-0.2, -0.15) is 11.8 Å². The van der Waals surface area contributed by atoms with Crippen molar-refractivity contribution in [3.63, 3.8) is 0 Å². The molecule has 0 rings (SSSR count). The Morgan fingerprint density at radius 2 is 1.58 bits per heavy atom. The number of amides is 2. The molecule has 0 aromatic rings. The van der Waals surface area contributed by atoms with Crippen LogP contribution >= 0.6 is 19.6 Å². The Balaban J connectivity index is 3.85. The number of carbonyl (C=O) groups is 4. The number of carbonyl (C=O) groups excluding carboxylic acids is 4. The molecule has 2 atom stereocenters. The fraction of sp³-hybridized carbons (Fsp3) is 0.800. The molecule has 0 saturated carbocycles. The molecule has 0 radical (unpaired) electrons. The van der Waals surface area contributed by atoms with Crippen molar-refractivity contribution in [3.8, 4) is 0 Å². The number of hydrogen-bond acceptors (Lipinski definition) is 12. The highest BCUT2D eigenvalue weighted by Gasteiger charge is 2.25. The van der Waals surface area contributed by atoms with Crippen LogP contribution in [0.5, 0.6) is 0 Å². The van der Waals surface area contributed by atoms with Crippen LogP contribution in [0.1, 0.15) is 34.1 Å². The molecule has 2 amide bonds. The average Bonchev–Trinajstić information content (AvgIpc) is 2.77. The molecule has 210 valence electrons. The van der Waals surface area contributed by atoms with Crippen LogP contribution in [0.4, 0.5) is 4.79 Å². The van der Waals surface area contributed by atoms with Gasteiger partial charge in [0.1, 0.15) is 13.2 Å². The second-order valence-electron chi connectivity index (χ2n) is 7.33. The molecule has 0 heterocycles. The van der Waals surface area contributed by atoms with Crippen molar-refractivity contribution in [2.45, 2.75) is 45.5 Å². The third kappa shape index (κ3) is 22.6. The monoisotopic (exact) mass is 560 g/mol. The number of phosphoric acid groups is 1. The van der Waals surface area contributed by atoms with E-state index in [2.05, 4.69) is 29.2 Å². The number of thioether (sulfide) groups is 1. The van der Waals surface area contributed by atoms with E-state index in [1.807, 2.05) is 0 Å². The lowest BCUT2D eigenvalue weighted by Gasteiger charge is -2.18. The molecule has 3 N–H and O–H groups in total. The minimum absolute atomic E-state index is 0.0346. The number of alkyl carbamates (subject to hydrolysis) is 1. The highest BCUT2D eigenvalue weighted by Crippen LogP contribution is 2.43. The molecule has 0 aromatic heterocycles.